The van der Waals surface area contributed by atoms with Crippen molar-refractivity contribution in [3.05, 3.63) is 12.2 Å². The van der Waals surface area contributed by atoms with E-state index in [1.165, 1.54) is 19.3 Å². The van der Waals surface area contributed by atoms with Crippen LogP contribution in [0, 0.1) is 23.7 Å². The molecule has 0 amide bonds. The van der Waals surface area contributed by atoms with Crippen molar-refractivity contribution in [2.75, 3.05) is 0 Å². The van der Waals surface area contributed by atoms with Gasteiger partial charge in [0.05, 0.1) is 5.92 Å². The molecule has 1 N–H and O–H groups in total. The highest BCUT2D eigenvalue weighted by molar-refractivity contribution is 5.76. The second-order valence-corrected chi connectivity index (χ2v) is 6.24. The number of rotatable bonds is 7. The number of Topliss-reactive ketones (excluding diaryl/α,β-unsaturated/α-hetero) is 1. The summed E-state index contributed by atoms with van der Waals surface area (Å²) >= 11 is 0. The predicted molar refractivity (Wildman–Crippen MR) is 73.7 cm³/mol. The Morgan fingerprint density at radius 1 is 1.26 bits per heavy atom. The van der Waals surface area contributed by atoms with Gasteiger partial charge < -0.3 is 5.11 Å². The quantitative estimate of drug-likeness (QED) is 0.717. The number of hydrogen-bond donors (Lipinski definition) is 1. The molecular formula is C16H24O3. The summed E-state index contributed by atoms with van der Waals surface area (Å²) in [7, 11) is 0. The lowest BCUT2D eigenvalue weighted by Crippen LogP contribution is -2.27. The van der Waals surface area contributed by atoms with E-state index in [0.29, 0.717) is 18.3 Å². The van der Waals surface area contributed by atoms with Crippen LogP contribution in [-0.2, 0) is 9.59 Å². The summed E-state index contributed by atoms with van der Waals surface area (Å²) in [5, 5.41) is 9.43. The second kappa shape index (κ2) is 6.36. The minimum absolute atomic E-state index is 0.152. The molecule has 3 heteroatoms. The van der Waals surface area contributed by atoms with Gasteiger partial charge in [0.25, 0.3) is 0 Å². The minimum Gasteiger partial charge on any atom is -0.481 e. The number of fused-ring (bicyclic) bond motifs is 2. The molecule has 0 radical (unpaired) electrons. The zero-order valence-electron chi connectivity index (χ0n) is 11.7. The van der Waals surface area contributed by atoms with Crippen molar-refractivity contribution in [1.82, 2.24) is 0 Å². The van der Waals surface area contributed by atoms with E-state index in [9.17, 15) is 14.7 Å². The zero-order chi connectivity index (χ0) is 13.8. The van der Waals surface area contributed by atoms with Gasteiger partial charge in [-0.1, -0.05) is 18.6 Å². The van der Waals surface area contributed by atoms with Crippen LogP contribution in [0.5, 0.6) is 0 Å². The van der Waals surface area contributed by atoms with E-state index in [0.717, 1.165) is 25.2 Å². The van der Waals surface area contributed by atoms with Crippen LogP contribution in [0.3, 0.4) is 0 Å². The molecule has 2 aliphatic carbocycles. The number of carboxylic acids is 1. The molecule has 2 bridgehead atoms. The van der Waals surface area contributed by atoms with Gasteiger partial charge in [0.2, 0.25) is 0 Å². The molecule has 0 saturated heterocycles. The van der Waals surface area contributed by atoms with Crippen molar-refractivity contribution < 1.29 is 14.7 Å². The Morgan fingerprint density at radius 2 is 2.05 bits per heavy atom. The SMILES string of the molecule is CC(=O)C/C=C\CCC(C(=O)O)[C@H]1C[C@H]2CC[C@@H]1C2. The van der Waals surface area contributed by atoms with Crippen LogP contribution in [0.1, 0.15) is 51.9 Å². The summed E-state index contributed by atoms with van der Waals surface area (Å²) in [5.41, 5.74) is 0. The molecule has 4 atom stereocenters. The molecule has 0 spiro atoms. The van der Waals surface area contributed by atoms with Crippen LogP contribution in [0.25, 0.3) is 0 Å². The number of aliphatic carboxylic acids is 1. The number of carbonyl (C=O) groups is 2. The summed E-state index contributed by atoms with van der Waals surface area (Å²) in [6, 6.07) is 0. The topological polar surface area (TPSA) is 54.4 Å². The Morgan fingerprint density at radius 3 is 2.58 bits per heavy atom. The molecule has 0 aromatic carbocycles. The van der Waals surface area contributed by atoms with Gasteiger partial charge in [0.15, 0.2) is 0 Å². The molecule has 2 rings (SSSR count). The summed E-state index contributed by atoms with van der Waals surface area (Å²) in [5.74, 6) is 1.20. The standard InChI is InChI=1S/C16H24O3/c1-11(17)5-3-2-4-6-14(16(18)19)15-10-12-7-8-13(15)9-12/h2-3,12-15H,4-10H2,1H3,(H,18,19)/b3-2-/t12-,13+,14?,15-/m0/s1. The maximum Gasteiger partial charge on any atom is 0.306 e. The summed E-state index contributed by atoms with van der Waals surface area (Å²) in [4.78, 5) is 22.3. The number of hydrogen-bond acceptors (Lipinski definition) is 2. The lowest BCUT2D eigenvalue weighted by Gasteiger charge is -2.27. The summed E-state index contributed by atoms with van der Waals surface area (Å²) in [6.45, 7) is 1.57. The number of carboxylic acid groups (broad SMARTS) is 1. The maximum absolute atomic E-state index is 11.5. The van der Waals surface area contributed by atoms with Gasteiger partial charge in [-0.05, 0) is 56.8 Å². The van der Waals surface area contributed by atoms with Gasteiger partial charge in [-0.3, -0.25) is 9.59 Å². The van der Waals surface area contributed by atoms with Crippen molar-refractivity contribution in [3.8, 4) is 0 Å². The van der Waals surface area contributed by atoms with Crippen LogP contribution in [-0.4, -0.2) is 16.9 Å². The largest absolute Gasteiger partial charge is 0.481 e. The molecule has 2 fully saturated rings. The molecule has 0 heterocycles. The van der Waals surface area contributed by atoms with E-state index >= 15 is 0 Å². The van der Waals surface area contributed by atoms with E-state index < -0.39 is 5.97 Å². The predicted octanol–water partition coefficient (Wildman–Crippen LogP) is 3.44. The number of ketones is 1. The van der Waals surface area contributed by atoms with Gasteiger partial charge in [0, 0.05) is 6.42 Å². The third kappa shape index (κ3) is 3.68. The number of carbonyl (C=O) groups excluding carboxylic acids is 1. The van der Waals surface area contributed by atoms with E-state index in [-0.39, 0.29) is 11.7 Å². The van der Waals surface area contributed by atoms with Crippen LogP contribution < -0.4 is 0 Å². The highest BCUT2D eigenvalue weighted by Crippen LogP contribution is 2.51. The first-order chi connectivity index (χ1) is 9.08. The van der Waals surface area contributed by atoms with E-state index in [1.807, 2.05) is 12.2 Å². The third-order valence-corrected chi connectivity index (χ3v) is 4.84. The Labute approximate surface area is 115 Å². The van der Waals surface area contributed by atoms with Crippen LogP contribution >= 0.6 is 0 Å². The molecule has 0 aromatic heterocycles. The van der Waals surface area contributed by atoms with Gasteiger partial charge >= 0.3 is 5.97 Å². The summed E-state index contributed by atoms with van der Waals surface area (Å²) < 4.78 is 0. The Hall–Kier alpha value is -1.12. The van der Waals surface area contributed by atoms with Crippen molar-refractivity contribution in [1.29, 1.82) is 0 Å². The fourth-order valence-corrected chi connectivity index (χ4v) is 3.95. The molecule has 2 aliphatic rings. The van der Waals surface area contributed by atoms with E-state index in [4.69, 9.17) is 0 Å². The van der Waals surface area contributed by atoms with Crippen LogP contribution in [0.4, 0.5) is 0 Å². The fourth-order valence-electron chi connectivity index (χ4n) is 3.95. The Balaban J connectivity index is 1.82. The van der Waals surface area contributed by atoms with Crippen LogP contribution in [0.15, 0.2) is 12.2 Å². The molecule has 106 valence electrons. The van der Waals surface area contributed by atoms with Gasteiger partial charge in [0.1, 0.15) is 5.78 Å². The highest BCUT2D eigenvalue weighted by Gasteiger charge is 2.44. The van der Waals surface area contributed by atoms with E-state index in [1.54, 1.807) is 6.92 Å². The van der Waals surface area contributed by atoms with Crippen LogP contribution in [0.2, 0.25) is 0 Å². The maximum atomic E-state index is 11.5. The summed E-state index contributed by atoms with van der Waals surface area (Å²) in [6.07, 6.45) is 10.7. The molecule has 0 aromatic rings. The van der Waals surface area contributed by atoms with Crippen molar-refractivity contribution in [3.63, 3.8) is 0 Å². The average molecular weight is 264 g/mol. The fraction of sp³-hybridized carbons (Fsp3) is 0.750. The molecule has 0 aliphatic heterocycles. The smallest absolute Gasteiger partial charge is 0.306 e. The average Bonchev–Trinajstić information content (AvgIpc) is 2.94. The lowest BCUT2D eigenvalue weighted by atomic mass is 9.77. The van der Waals surface area contributed by atoms with Gasteiger partial charge in [-0.15, -0.1) is 0 Å². The molecule has 19 heavy (non-hydrogen) atoms. The monoisotopic (exact) mass is 264 g/mol. The van der Waals surface area contributed by atoms with Crippen molar-refractivity contribution >= 4 is 11.8 Å². The zero-order valence-corrected chi connectivity index (χ0v) is 11.7. The normalized spacial score (nSPS) is 30.9. The minimum atomic E-state index is -0.627. The molecule has 2 saturated carbocycles. The first kappa shape index (κ1) is 14.3. The Bertz CT molecular complexity index is 372. The number of allylic oxidation sites excluding steroid dienone is 2. The Kier molecular flexibility index (Phi) is 4.78. The molecule has 1 unspecified atom stereocenters. The first-order valence-electron chi connectivity index (χ1n) is 7.45. The lowest BCUT2D eigenvalue weighted by molar-refractivity contribution is -0.144. The van der Waals surface area contributed by atoms with Crippen molar-refractivity contribution in [2.24, 2.45) is 23.7 Å². The van der Waals surface area contributed by atoms with Gasteiger partial charge in [-0.2, -0.15) is 0 Å². The molecular weight excluding hydrogens is 240 g/mol. The molecule has 3 nitrogen and oxygen atoms in total. The second-order valence-electron chi connectivity index (χ2n) is 6.24. The highest BCUT2D eigenvalue weighted by atomic mass is 16.4. The van der Waals surface area contributed by atoms with Gasteiger partial charge in [-0.25, -0.2) is 0 Å². The van der Waals surface area contributed by atoms with Crippen molar-refractivity contribution in [2.45, 2.75) is 51.9 Å². The van der Waals surface area contributed by atoms with E-state index in [2.05, 4.69) is 0 Å². The third-order valence-electron chi connectivity index (χ3n) is 4.84. The first-order valence-corrected chi connectivity index (χ1v) is 7.45.